The van der Waals surface area contributed by atoms with E-state index in [1.807, 2.05) is 36.3 Å². The molecule has 1 fully saturated rings. The number of hydrogen-bond acceptors (Lipinski definition) is 5. The van der Waals surface area contributed by atoms with Crippen LogP contribution in [0.4, 0.5) is 5.82 Å². The van der Waals surface area contributed by atoms with Crippen LogP contribution in [0.1, 0.15) is 56.8 Å². The maximum absolute atomic E-state index is 13.3. The van der Waals surface area contributed by atoms with Gasteiger partial charge in [0.05, 0.1) is 22.5 Å². The van der Waals surface area contributed by atoms with E-state index in [0.29, 0.717) is 23.7 Å². The number of hydrogen-bond donors (Lipinski definition) is 2. The molecule has 8 nitrogen and oxygen atoms in total. The smallest absolute Gasteiger partial charge is 0.245 e. The van der Waals surface area contributed by atoms with Gasteiger partial charge in [-0.25, -0.2) is 4.98 Å². The topological polar surface area (TPSA) is 104 Å². The number of anilines is 1. The van der Waals surface area contributed by atoms with Gasteiger partial charge in [0, 0.05) is 48.7 Å². The van der Waals surface area contributed by atoms with E-state index >= 15 is 0 Å². The number of aromatic nitrogens is 5. The Balaban J connectivity index is 1.37. The summed E-state index contributed by atoms with van der Waals surface area (Å²) >= 11 is 6.52. The number of halogens is 1. The molecule has 1 aliphatic heterocycles. The fourth-order valence-corrected chi connectivity index (χ4v) is 5.45. The number of carbonyl (C=O) groups excluding carboxylic acids is 1. The van der Waals surface area contributed by atoms with Crippen molar-refractivity contribution < 1.29 is 4.79 Å². The molecule has 4 heterocycles. The van der Waals surface area contributed by atoms with E-state index in [9.17, 15) is 4.79 Å². The van der Waals surface area contributed by atoms with Crippen molar-refractivity contribution in [1.29, 1.82) is 0 Å². The molecule has 2 aliphatic rings. The predicted molar refractivity (Wildman–Crippen MR) is 128 cm³/mol. The molecule has 33 heavy (non-hydrogen) atoms. The molecule has 174 valence electrons. The summed E-state index contributed by atoms with van der Waals surface area (Å²) in [5, 5.41) is 12.6. The lowest BCUT2D eigenvalue weighted by atomic mass is 9.74. The van der Waals surface area contributed by atoms with Crippen molar-refractivity contribution in [2.45, 2.75) is 64.0 Å². The highest BCUT2D eigenvalue weighted by molar-refractivity contribution is 6.33. The monoisotopic (exact) mass is 467 g/mol. The van der Waals surface area contributed by atoms with Crippen LogP contribution in [-0.4, -0.2) is 36.0 Å². The van der Waals surface area contributed by atoms with Gasteiger partial charge in [-0.15, -0.1) is 0 Å². The first kappa shape index (κ1) is 22.1. The van der Waals surface area contributed by atoms with Gasteiger partial charge in [0.15, 0.2) is 0 Å². The predicted octanol–water partition coefficient (Wildman–Crippen LogP) is 3.91. The average molecular weight is 468 g/mol. The molecule has 0 unspecified atom stereocenters. The Hall–Kier alpha value is -2.71. The first-order valence-corrected chi connectivity index (χ1v) is 11.8. The second-order valence-electron chi connectivity index (χ2n) is 10.4. The summed E-state index contributed by atoms with van der Waals surface area (Å²) in [4.78, 5) is 17.6. The van der Waals surface area contributed by atoms with Gasteiger partial charge in [0.2, 0.25) is 5.91 Å². The minimum Gasteiger partial charge on any atom is -0.317 e. The highest BCUT2D eigenvalue weighted by Crippen LogP contribution is 2.40. The Labute approximate surface area is 198 Å². The Morgan fingerprint density at radius 2 is 2.12 bits per heavy atom. The van der Waals surface area contributed by atoms with Gasteiger partial charge in [-0.05, 0) is 43.2 Å². The number of nitrogens with two attached hydrogens (primary N) is 1. The second-order valence-corrected chi connectivity index (χ2v) is 10.8. The lowest BCUT2D eigenvalue weighted by Gasteiger charge is -2.36. The molecular weight excluding hydrogens is 438 g/mol. The van der Waals surface area contributed by atoms with Crippen LogP contribution >= 0.6 is 11.6 Å². The van der Waals surface area contributed by atoms with Crippen LogP contribution in [0.15, 0.2) is 30.7 Å². The van der Waals surface area contributed by atoms with Gasteiger partial charge >= 0.3 is 0 Å². The second kappa shape index (κ2) is 7.95. The van der Waals surface area contributed by atoms with Gasteiger partial charge in [0.1, 0.15) is 5.82 Å². The third-order valence-corrected chi connectivity index (χ3v) is 7.25. The number of rotatable bonds is 4. The Bertz CT molecular complexity index is 1210. The van der Waals surface area contributed by atoms with E-state index in [4.69, 9.17) is 17.3 Å². The molecule has 5 rings (SSSR count). The molecule has 0 aromatic carbocycles. The Kier molecular flexibility index (Phi) is 5.33. The Morgan fingerprint density at radius 3 is 2.88 bits per heavy atom. The molecular formula is C24H30ClN7O. The Morgan fingerprint density at radius 1 is 1.30 bits per heavy atom. The molecule has 0 bridgehead atoms. The third kappa shape index (κ3) is 4.17. The molecule has 2 atom stereocenters. The van der Waals surface area contributed by atoms with Gasteiger partial charge in [-0.1, -0.05) is 31.9 Å². The van der Waals surface area contributed by atoms with E-state index in [-0.39, 0.29) is 17.2 Å². The van der Waals surface area contributed by atoms with E-state index in [2.05, 4.69) is 34.3 Å². The quantitative estimate of drug-likeness (QED) is 0.605. The van der Waals surface area contributed by atoms with Crippen LogP contribution < -0.4 is 11.1 Å². The molecule has 3 aromatic rings. The molecule has 1 aliphatic carbocycles. The van der Waals surface area contributed by atoms with E-state index in [0.717, 1.165) is 48.3 Å². The van der Waals surface area contributed by atoms with Crippen molar-refractivity contribution in [3.05, 3.63) is 47.1 Å². The van der Waals surface area contributed by atoms with Crippen molar-refractivity contribution in [3.63, 3.8) is 0 Å². The number of carbonyl (C=O) groups is 1. The average Bonchev–Trinajstić information content (AvgIpc) is 3.43. The summed E-state index contributed by atoms with van der Waals surface area (Å²) in [7, 11) is 1.90. The van der Waals surface area contributed by atoms with E-state index in [1.54, 1.807) is 10.9 Å². The van der Waals surface area contributed by atoms with Gasteiger partial charge < -0.3 is 11.1 Å². The molecule has 3 aromatic heterocycles. The van der Waals surface area contributed by atoms with Crippen LogP contribution in [0, 0.1) is 5.41 Å². The SMILES string of the molecule is Cn1ccc([C@H]2CCC[C@](N)(C(=O)Nc3cc(-c4cnn5c4CC(C)(C)C5)c(Cl)cn3)C2)n1. The lowest BCUT2D eigenvalue weighted by Crippen LogP contribution is -2.53. The fraction of sp³-hybridized carbons (Fsp3) is 0.500. The van der Waals surface area contributed by atoms with Crippen LogP contribution in [0.3, 0.4) is 0 Å². The molecule has 3 N–H and O–H groups in total. The number of amides is 1. The van der Waals surface area contributed by atoms with E-state index in [1.165, 1.54) is 0 Å². The maximum Gasteiger partial charge on any atom is 0.245 e. The van der Waals surface area contributed by atoms with Gasteiger partial charge in [-0.3, -0.25) is 14.2 Å². The first-order chi connectivity index (χ1) is 15.6. The van der Waals surface area contributed by atoms with Crippen molar-refractivity contribution in [2.24, 2.45) is 18.2 Å². The summed E-state index contributed by atoms with van der Waals surface area (Å²) in [5.74, 6) is 0.398. The number of aryl methyl sites for hydroxylation is 1. The van der Waals surface area contributed by atoms with Gasteiger partial charge in [-0.2, -0.15) is 10.2 Å². The van der Waals surface area contributed by atoms with Crippen LogP contribution in [-0.2, 0) is 24.8 Å². The molecule has 1 saturated carbocycles. The molecule has 0 saturated heterocycles. The molecule has 1 amide bonds. The highest BCUT2D eigenvalue weighted by atomic mass is 35.5. The minimum absolute atomic E-state index is 0.159. The van der Waals surface area contributed by atoms with Crippen LogP contribution in [0.2, 0.25) is 5.02 Å². The third-order valence-electron chi connectivity index (χ3n) is 6.95. The number of pyridine rings is 1. The zero-order valence-corrected chi connectivity index (χ0v) is 20.1. The summed E-state index contributed by atoms with van der Waals surface area (Å²) in [5.41, 5.74) is 9.78. The molecule has 0 spiro atoms. The molecule has 0 radical (unpaired) electrons. The number of nitrogens with zero attached hydrogens (tertiary/aromatic N) is 5. The zero-order valence-electron chi connectivity index (χ0n) is 19.3. The standard InChI is InChI=1S/C24H30ClN7O/c1-23(2)11-20-17(12-28-32(20)14-23)16-9-21(27-13-18(16)25)29-22(33)24(26)7-4-5-15(10-24)19-6-8-31(3)30-19/h6,8-9,12-13,15H,4-5,7,10-11,14,26H2,1-3H3,(H,27,29,33)/t15-,24+/m0/s1. The summed E-state index contributed by atoms with van der Waals surface area (Å²) in [6.07, 6.45) is 9.33. The van der Waals surface area contributed by atoms with Crippen LogP contribution in [0.5, 0.6) is 0 Å². The van der Waals surface area contributed by atoms with Crippen molar-refractivity contribution in [2.75, 3.05) is 5.32 Å². The fourth-order valence-electron chi connectivity index (χ4n) is 5.24. The zero-order chi connectivity index (χ0) is 23.4. The summed E-state index contributed by atoms with van der Waals surface area (Å²) in [6.45, 7) is 5.34. The normalized spacial score (nSPS) is 24.0. The van der Waals surface area contributed by atoms with E-state index < -0.39 is 5.54 Å². The van der Waals surface area contributed by atoms with Crippen molar-refractivity contribution in [1.82, 2.24) is 24.5 Å². The maximum atomic E-state index is 13.3. The van der Waals surface area contributed by atoms with Crippen molar-refractivity contribution in [3.8, 4) is 11.1 Å². The summed E-state index contributed by atoms with van der Waals surface area (Å²) < 4.78 is 3.83. The van der Waals surface area contributed by atoms with Gasteiger partial charge in [0.25, 0.3) is 0 Å². The first-order valence-electron chi connectivity index (χ1n) is 11.4. The van der Waals surface area contributed by atoms with Crippen molar-refractivity contribution >= 4 is 23.3 Å². The lowest BCUT2D eigenvalue weighted by molar-refractivity contribution is -0.122. The largest absolute Gasteiger partial charge is 0.317 e. The highest BCUT2D eigenvalue weighted by Gasteiger charge is 2.40. The molecule has 9 heteroatoms. The number of nitrogens with one attached hydrogen (secondary N) is 1. The summed E-state index contributed by atoms with van der Waals surface area (Å²) in [6, 6.07) is 3.83. The minimum atomic E-state index is -0.967. The van der Waals surface area contributed by atoms with Crippen LogP contribution in [0.25, 0.3) is 11.1 Å². The number of fused-ring (bicyclic) bond motifs is 1.